The predicted octanol–water partition coefficient (Wildman–Crippen LogP) is 7.80. The number of benzene rings is 4. The number of fused-ring (bicyclic) bond motifs is 5. The Labute approximate surface area is 199 Å². The van der Waals surface area contributed by atoms with E-state index in [4.69, 9.17) is 9.97 Å². The summed E-state index contributed by atoms with van der Waals surface area (Å²) in [6.45, 7) is 4.59. The third-order valence-corrected chi connectivity index (χ3v) is 7.57. The summed E-state index contributed by atoms with van der Waals surface area (Å²) >= 11 is 3.64. The van der Waals surface area contributed by atoms with Crippen LogP contribution in [-0.4, -0.2) is 14.5 Å². The van der Waals surface area contributed by atoms with E-state index in [0.29, 0.717) is 5.95 Å². The van der Waals surface area contributed by atoms with Gasteiger partial charge in [-0.25, -0.2) is 9.97 Å². The molecule has 2 aromatic heterocycles. The maximum Gasteiger partial charge on any atom is 0.235 e. The minimum absolute atomic E-state index is 0.104. The molecule has 4 aromatic carbocycles. The van der Waals surface area contributed by atoms with Gasteiger partial charge in [0.25, 0.3) is 0 Å². The van der Waals surface area contributed by atoms with Crippen LogP contribution in [0, 0.1) is 0 Å². The van der Waals surface area contributed by atoms with Gasteiger partial charge in [-0.15, -0.1) is 0 Å². The second-order valence-electron chi connectivity index (χ2n) is 9.26. The second kappa shape index (κ2) is 6.52. The van der Waals surface area contributed by atoms with E-state index in [0.717, 1.165) is 32.1 Å². The molecule has 7 rings (SSSR count). The van der Waals surface area contributed by atoms with E-state index in [9.17, 15) is 0 Å². The second-order valence-corrected chi connectivity index (χ2v) is 10.2. The highest BCUT2D eigenvalue weighted by atomic mass is 79.9. The summed E-state index contributed by atoms with van der Waals surface area (Å²) in [5.74, 6) is 0.706. The molecule has 0 radical (unpaired) electrons. The summed E-state index contributed by atoms with van der Waals surface area (Å²) in [7, 11) is 0. The Morgan fingerprint density at radius 2 is 1.48 bits per heavy atom. The zero-order valence-electron chi connectivity index (χ0n) is 18.3. The standard InChI is InChI=1S/C29H20BrN3/c1-29(2)21-10-5-3-9-19(21)27-26-22(29)11-7-12-23(26)31-28(32-27)33-24-13-6-4-8-18(24)20-16-17(30)14-15-25(20)33/h3-16H,1-2H3. The largest absolute Gasteiger partial charge is 0.278 e. The van der Waals surface area contributed by atoms with Gasteiger partial charge in [0.05, 0.1) is 22.2 Å². The Bertz CT molecular complexity index is 1760. The normalized spacial score (nSPS) is 14.2. The number of rotatable bonds is 1. The lowest BCUT2D eigenvalue weighted by atomic mass is 9.70. The fourth-order valence-corrected chi connectivity index (χ4v) is 5.89. The van der Waals surface area contributed by atoms with Crippen molar-refractivity contribution in [3.63, 3.8) is 0 Å². The molecule has 0 spiro atoms. The lowest BCUT2D eigenvalue weighted by Crippen LogP contribution is -2.24. The van der Waals surface area contributed by atoms with Crippen molar-refractivity contribution in [2.24, 2.45) is 0 Å². The van der Waals surface area contributed by atoms with E-state index in [2.05, 4.69) is 119 Å². The van der Waals surface area contributed by atoms with Crippen molar-refractivity contribution >= 4 is 48.6 Å². The lowest BCUT2D eigenvalue weighted by Gasteiger charge is -2.34. The van der Waals surface area contributed by atoms with Crippen LogP contribution in [0.2, 0.25) is 0 Å². The van der Waals surface area contributed by atoms with Crippen LogP contribution in [0.4, 0.5) is 0 Å². The van der Waals surface area contributed by atoms with Gasteiger partial charge in [-0.2, -0.15) is 0 Å². The van der Waals surface area contributed by atoms with Crippen LogP contribution >= 0.6 is 15.9 Å². The van der Waals surface area contributed by atoms with Gasteiger partial charge in [-0.05, 0) is 41.5 Å². The zero-order valence-corrected chi connectivity index (χ0v) is 19.9. The minimum atomic E-state index is -0.104. The molecule has 0 unspecified atom stereocenters. The number of hydrogen-bond donors (Lipinski definition) is 0. The first-order valence-electron chi connectivity index (χ1n) is 11.1. The molecule has 4 heteroatoms. The summed E-state index contributed by atoms with van der Waals surface area (Å²) in [5.41, 5.74) is 7.89. The Kier molecular flexibility index (Phi) is 3.76. The van der Waals surface area contributed by atoms with Crippen molar-refractivity contribution in [1.29, 1.82) is 0 Å². The van der Waals surface area contributed by atoms with E-state index in [1.807, 2.05) is 0 Å². The van der Waals surface area contributed by atoms with Crippen LogP contribution in [0.5, 0.6) is 0 Å². The van der Waals surface area contributed by atoms with Gasteiger partial charge in [0.1, 0.15) is 0 Å². The van der Waals surface area contributed by atoms with Crippen molar-refractivity contribution in [1.82, 2.24) is 14.5 Å². The van der Waals surface area contributed by atoms with Crippen molar-refractivity contribution < 1.29 is 0 Å². The van der Waals surface area contributed by atoms with Crippen LogP contribution in [0.15, 0.2) is 89.4 Å². The van der Waals surface area contributed by atoms with E-state index >= 15 is 0 Å². The van der Waals surface area contributed by atoms with Gasteiger partial charge in [-0.1, -0.05) is 84.4 Å². The SMILES string of the molecule is CC1(C)c2ccccc2-c2nc(-n3c4ccccc4c4cc(Br)ccc43)nc3cccc1c23. The highest BCUT2D eigenvalue weighted by molar-refractivity contribution is 9.10. The van der Waals surface area contributed by atoms with Crippen LogP contribution in [-0.2, 0) is 5.41 Å². The molecule has 2 heterocycles. The fourth-order valence-electron chi connectivity index (χ4n) is 5.53. The molecule has 0 saturated carbocycles. The lowest BCUT2D eigenvalue weighted by molar-refractivity contribution is 0.643. The first kappa shape index (κ1) is 19.0. The number of nitrogens with zero attached hydrogens (tertiary/aromatic N) is 3. The monoisotopic (exact) mass is 489 g/mol. The van der Waals surface area contributed by atoms with Crippen LogP contribution < -0.4 is 0 Å². The molecule has 1 aliphatic carbocycles. The molecule has 0 bridgehead atoms. The molecular weight excluding hydrogens is 470 g/mol. The van der Waals surface area contributed by atoms with E-state index in [1.54, 1.807) is 0 Å². The number of hydrogen-bond acceptors (Lipinski definition) is 2. The maximum absolute atomic E-state index is 5.24. The van der Waals surface area contributed by atoms with Crippen LogP contribution in [0.3, 0.4) is 0 Å². The van der Waals surface area contributed by atoms with Gasteiger partial charge >= 0.3 is 0 Å². The third kappa shape index (κ3) is 2.50. The Balaban J connectivity index is 1.65. The highest BCUT2D eigenvalue weighted by Crippen LogP contribution is 2.47. The summed E-state index contributed by atoms with van der Waals surface area (Å²) < 4.78 is 3.26. The van der Waals surface area contributed by atoms with E-state index < -0.39 is 0 Å². The van der Waals surface area contributed by atoms with Gasteiger partial charge in [0, 0.05) is 31.6 Å². The topological polar surface area (TPSA) is 30.7 Å². The molecule has 3 nitrogen and oxygen atoms in total. The van der Waals surface area contributed by atoms with Gasteiger partial charge < -0.3 is 0 Å². The van der Waals surface area contributed by atoms with Crippen molar-refractivity contribution in [2.45, 2.75) is 19.3 Å². The fraction of sp³-hybridized carbons (Fsp3) is 0.103. The van der Waals surface area contributed by atoms with Gasteiger partial charge in [0.15, 0.2) is 0 Å². The minimum Gasteiger partial charge on any atom is -0.278 e. The van der Waals surface area contributed by atoms with Gasteiger partial charge in [0.2, 0.25) is 5.95 Å². The molecule has 6 aromatic rings. The summed E-state index contributed by atoms with van der Waals surface area (Å²) in [6, 6.07) is 30.0. The number of aromatic nitrogens is 3. The van der Waals surface area contributed by atoms with Crippen LogP contribution in [0.1, 0.15) is 25.0 Å². The van der Waals surface area contributed by atoms with E-state index in [1.165, 1.54) is 27.5 Å². The average molecular weight is 490 g/mol. The molecule has 0 N–H and O–H groups in total. The first-order chi connectivity index (χ1) is 16.0. The molecule has 0 aliphatic heterocycles. The Morgan fingerprint density at radius 1 is 0.727 bits per heavy atom. The average Bonchev–Trinajstić information content (AvgIpc) is 3.16. The number of para-hydroxylation sites is 1. The third-order valence-electron chi connectivity index (χ3n) is 7.08. The zero-order chi connectivity index (χ0) is 22.3. The first-order valence-corrected chi connectivity index (χ1v) is 11.9. The van der Waals surface area contributed by atoms with Crippen molar-refractivity contribution in [3.8, 4) is 17.2 Å². The molecular formula is C29H20BrN3. The van der Waals surface area contributed by atoms with Gasteiger partial charge in [-0.3, -0.25) is 4.57 Å². The molecule has 0 atom stereocenters. The summed E-state index contributed by atoms with van der Waals surface area (Å²) in [4.78, 5) is 10.4. The van der Waals surface area contributed by atoms with Crippen molar-refractivity contribution in [2.75, 3.05) is 0 Å². The maximum atomic E-state index is 5.24. The Hall–Kier alpha value is -3.50. The van der Waals surface area contributed by atoms with E-state index in [-0.39, 0.29) is 5.41 Å². The molecule has 0 saturated heterocycles. The molecule has 158 valence electrons. The number of halogens is 1. The Morgan fingerprint density at radius 3 is 2.39 bits per heavy atom. The molecule has 0 fully saturated rings. The highest BCUT2D eigenvalue weighted by Gasteiger charge is 2.34. The molecule has 1 aliphatic rings. The molecule has 0 amide bonds. The predicted molar refractivity (Wildman–Crippen MR) is 139 cm³/mol. The van der Waals surface area contributed by atoms with Crippen molar-refractivity contribution in [3.05, 3.63) is 101 Å². The van der Waals surface area contributed by atoms with Crippen LogP contribution in [0.25, 0.3) is 49.9 Å². The summed E-state index contributed by atoms with van der Waals surface area (Å²) in [6.07, 6.45) is 0. The quantitative estimate of drug-likeness (QED) is 0.236. The smallest absolute Gasteiger partial charge is 0.235 e. The summed E-state index contributed by atoms with van der Waals surface area (Å²) in [5, 5.41) is 3.54. The molecule has 33 heavy (non-hydrogen) atoms.